The minimum absolute atomic E-state index is 0.0421. The Balaban J connectivity index is 1.41. The van der Waals surface area contributed by atoms with Crippen LogP contribution in [-0.2, 0) is 28.4 Å². The molecular weight excluding hydrogens is 422 g/mol. The fourth-order valence-electron chi connectivity index (χ4n) is 6.68. The van der Waals surface area contributed by atoms with Gasteiger partial charge in [-0.3, -0.25) is 9.83 Å². The van der Waals surface area contributed by atoms with Crippen molar-refractivity contribution in [2.45, 2.75) is 81.5 Å². The summed E-state index contributed by atoms with van der Waals surface area (Å²) in [7, 11) is 0. The molecule has 0 saturated heterocycles. The summed E-state index contributed by atoms with van der Waals surface area (Å²) in [6.07, 6.45) is 9.72. The average molecular weight is 449 g/mol. The number of hydrogen-bond acceptors (Lipinski definition) is 8. The molecule has 5 rings (SSSR count). The first-order chi connectivity index (χ1) is 14.2. The fourth-order valence-corrected chi connectivity index (χ4v) is 6.92. The van der Waals surface area contributed by atoms with E-state index in [9.17, 15) is 23.6 Å². The molecule has 0 aromatic heterocycles. The second-order valence-corrected chi connectivity index (χ2v) is 10.5. The largest absolute Gasteiger partial charge is 0.691 e. The van der Waals surface area contributed by atoms with E-state index in [2.05, 4.69) is 9.37 Å². The van der Waals surface area contributed by atoms with Gasteiger partial charge in [-0.15, -0.1) is 0 Å². The average Bonchev–Trinajstić information content (AvgIpc) is 2.70. The van der Waals surface area contributed by atoms with Crippen LogP contribution in [0.15, 0.2) is 0 Å². The van der Waals surface area contributed by atoms with Crippen molar-refractivity contribution in [3.63, 3.8) is 0 Å². The highest BCUT2D eigenvalue weighted by Gasteiger charge is 2.60. The molecule has 5 aliphatic rings. The molecule has 0 amide bonds. The number of rotatable bonds is 8. The van der Waals surface area contributed by atoms with Crippen LogP contribution < -0.4 is 5.26 Å². The molecule has 0 radical (unpaired) electrons. The molecule has 5 fully saturated rings. The zero-order valence-corrected chi connectivity index (χ0v) is 17.6. The van der Waals surface area contributed by atoms with Crippen LogP contribution in [0, 0.1) is 23.2 Å². The number of halogens is 2. The van der Waals surface area contributed by atoms with Crippen LogP contribution in [-0.4, -0.2) is 29.4 Å². The number of hydrogen-bond donors (Lipinski definition) is 0. The highest BCUT2D eigenvalue weighted by atomic mass is 32.2. The van der Waals surface area contributed by atoms with E-state index in [0.29, 0.717) is 18.3 Å². The van der Waals surface area contributed by atoms with Crippen molar-refractivity contribution < 1.29 is 42.5 Å². The van der Waals surface area contributed by atoms with E-state index in [4.69, 9.17) is 9.47 Å². The smallest absolute Gasteiger partial charge is 0.415 e. The predicted molar refractivity (Wildman–Crippen MR) is 98.2 cm³/mol. The van der Waals surface area contributed by atoms with Crippen molar-refractivity contribution in [3.05, 3.63) is 0 Å². The summed E-state index contributed by atoms with van der Waals surface area (Å²) in [4.78, 5) is 24.6. The Bertz CT molecular complexity index is 654. The van der Waals surface area contributed by atoms with Crippen molar-refractivity contribution in [2.75, 3.05) is 6.61 Å². The third-order valence-electron chi connectivity index (χ3n) is 7.30. The van der Waals surface area contributed by atoms with Crippen LogP contribution >= 0.6 is 12.0 Å². The van der Waals surface area contributed by atoms with E-state index < -0.39 is 34.3 Å². The highest BCUT2D eigenvalue weighted by Crippen LogP contribution is 2.63. The van der Waals surface area contributed by atoms with E-state index in [0.717, 1.165) is 64.2 Å². The number of carbonyl (C=O) groups is 2. The Morgan fingerprint density at radius 3 is 2.37 bits per heavy atom. The first-order valence-electron chi connectivity index (χ1n) is 10.7. The number of carbonyl (C=O) groups excluding carboxylic acids is 2. The molecule has 0 aliphatic heterocycles. The Labute approximate surface area is 178 Å². The maximum atomic E-state index is 13.7. The van der Waals surface area contributed by atoms with Gasteiger partial charge in [0.15, 0.2) is 0 Å². The van der Waals surface area contributed by atoms with Crippen LogP contribution in [0.25, 0.3) is 0 Å². The second kappa shape index (κ2) is 8.52. The van der Waals surface area contributed by atoms with Crippen LogP contribution in [0.4, 0.5) is 8.78 Å². The zero-order valence-electron chi connectivity index (χ0n) is 16.7. The van der Waals surface area contributed by atoms with E-state index in [1.165, 1.54) is 0 Å². The van der Waals surface area contributed by atoms with Crippen LogP contribution in [0.3, 0.4) is 0 Å². The van der Waals surface area contributed by atoms with Crippen molar-refractivity contribution in [2.24, 2.45) is 23.2 Å². The van der Waals surface area contributed by atoms with Gasteiger partial charge in [0.2, 0.25) is 0 Å². The van der Waals surface area contributed by atoms with Crippen LogP contribution in [0.5, 0.6) is 0 Å². The van der Waals surface area contributed by atoms with Crippen LogP contribution in [0.1, 0.15) is 70.6 Å². The summed E-state index contributed by atoms with van der Waals surface area (Å²) in [5, 5.41) is 8.59. The number of alkyl halides is 2. The van der Waals surface area contributed by atoms with Gasteiger partial charge in [0.25, 0.3) is 0 Å². The third-order valence-corrected chi connectivity index (χ3v) is 7.80. The molecule has 0 N–H and O–H groups in total. The molecule has 170 valence electrons. The van der Waals surface area contributed by atoms with Gasteiger partial charge in [0.05, 0.1) is 12.5 Å². The third kappa shape index (κ3) is 4.61. The SMILES string of the molecule is O=C(OC12CC3CC(CC(COC(=O)C(F)(F)SOO[O-])(C3)C1)C2)C1CCCCC1. The summed E-state index contributed by atoms with van der Waals surface area (Å²) in [5.41, 5.74) is -1.02. The minimum Gasteiger partial charge on any atom is -0.691 e. The predicted octanol–water partition coefficient (Wildman–Crippen LogP) is 3.46. The van der Waals surface area contributed by atoms with E-state index in [1.807, 2.05) is 0 Å². The van der Waals surface area contributed by atoms with Crippen molar-refractivity contribution in [1.82, 2.24) is 0 Å². The van der Waals surface area contributed by atoms with Gasteiger partial charge < -0.3 is 14.7 Å². The topological polar surface area (TPSA) is 94.1 Å². The lowest BCUT2D eigenvalue weighted by molar-refractivity contribution is -0.777. The molecule has 2 atom stereocenters. The molecule has 5 aliphatic carbocycles. The number of ether oxygens (including phenoxy) is 2. The fraction of sp³-hybridized carbons (Fsp3) is 0.900. The maximum absolute atomic E-state index is 13.7. The van der Waals surface area contributed by atoms with Gasteiger partial charge in [-0.1, -0.05) is 19.3 Å². The lowest BCUT2D eigenvalue weighted by Gasteiger charge is -2.61. The van der Waals surface area contributed by atoms with Gasteiger partial charge in [0.1, 0.15) is 17.6 Å². The van der Waals surface area contributed by atoms with Crippen molar-refractivity contribution in [1.29, 1.82) is 0 Å². The monoisotopic (exact) mass is 449 g/mol. The summed E-state index contributed by atoms with van der Waals surface area (Å²) >= 11 is -0.685. The Morgan fingerprint density at radius 2 is 1.73 bits per heavy atom. The summed E-state index contributed by atoms with van der Waals surface area (Å²) in [6, 6.07) is 0. The maximum Gasteiger partial charge on any atom is 0.415 e. The van der Waals surface area contributed by atoms with E-state index in [1.54, 1.807) is 0 Å². The molecule has 7 nitrogen and oxygen atoms in total. The molecule has 0 aromatic carbocycles. The minimum atomic E-state index is -4.04. The molecule has 2 unspecified atom stereocenters. The first kappa shape index (κ1) is 22.2. The second-order valence-electron chi connectivity index (χ2n) is 9.71. The summed E-state index contributed by atoms with van der Waals surface area (Å²) in [5.74, 6) is -1.25. The van der Waals surface area contributed by atoms with Gasteiger partial charge in [-0.25, -0.2) is 4.79 Å². The quantitative estimate of drug-likeness (QED) is 0.241. The Kier molecular flexibility index (Phi) is 6.31. The van der Waals surface area contributed by atoms with Crippen molar-refractivity contribution in [3.8, 4) is 0 Å². The van der Waals surface area contributed by atoms with Gasteiger partial charge >= 0.3 is 17.2 Å². The lowest BCUT2D eigenvalue weighted by Crippen LogP contribution is -2.59. The highest BCUT2D eigenvalue weighted by molar-refractivity contribution is 7.96. The molecule has 10 heteroatoms. The molecule has 30 heavy (non-hydrogen) atoms. The Morgan fingerprint density at radius 1 is 1.07 bits per heavy atom. The standard InChI is InChI=1S/C20H28F2O7S/c21-20(22,30-29-28-25)17(24)26-12-18-7-13-6-14(8-18)10-19(9-13,11-18)27-16(23)15-4-2-1-3-5-15/h13-15,25H,1-12H2/p-1. The molecule has 4 bridgehead atoms. The molecule has 5 saturated carbocycles. The van der Waals surface area contributed by atoms with E-state index >= 15 is 0 Å². The van der Waals surface area contributed by atoms with Gasteiger partial charge in [0, 0.05) is 5.41 Å². The van der Waals surface area contributed by atoms with Crippen LogP contribution in [0.2, 0.25) is 0 Å². The summed E-state index contributed by atoms with van der Waals surface area (Å²) < 4.78 is 42.1. The summed E-state index contributed by atoms with van der Waals surface area (Å²) in [6.45, 7) is -0.157. The lowest BCUT2D eigenvalue weighted by atomic mass is 9.48. The first-order valence-corrected chi connectivity index (χ1v) is 11.4. The van der Waals surface area contributed by atoms with Gasteiger partial charge in [-0.05, 0) is 63.2 Å². The number of esters is 2. The van der Waals surface area contributed by atoms with Crippen molar-refractivity contribution >= 4 is 24.0 Å². The van der Waals surface area contributed by atoms with E-state index in [-0.39, 0.29) is 18.5 Å². The Hall–Kier alpha value is -0.970. The van der Waals surface area contributed by atoms with Gasteiger partial charge in [-0.2, -0.15) is 13.1 Å². The zero-order chi connectivity index (χ0) is 21.4. The molecule has 0 heterocycles. The molecular formula is C20H27F2O7S-. The molecule has 0 aromatic rings. The molecule has 0 spiro atoms. The normalized spacial score (nSPS) is 36.0.